The number of fused-ring (bicyclic) bond motifs is 1. The number of nitrogens with zero attached hydrogens (tertiary/aromatic N) is 2. The van der Waals surface area contributed by atoms with E-state index in [-0.39, 0.29) is 5.69 Å². The van der Waals surface area contributed by atoms with E-state index in [0.717, 1.165) is 10.9 Å². The highest BCUT2D eigenvalue weighted by Crippen LogP contribution is 2.11. The van der Waals surface area contributed by atoms with Gasteiger partial charge in [-0.3, -0.25) is 4.79 Å². The van der Waals surface area contributed by atoms with E-state index >= 15 is 0 Å². The van der Waals surface area contributed by atoms with Gasteiger partial charge in [0.15, 0.2) is 0 Å². The summed E-state index contributed by atoms with van der Waals surface area (Å²) in [5, 5.41) is 7.80. The maximum Gasteiger partial charge on any atom is 0.272 e. The molecule has 0 aliphatic carbocycles. The van der Waals surface area contributed by atoms with Gasteiger partial charge in [0.1, 0.15) is 5.69 Å². The first-order valence-corrected chi connectivity index (χ1v) is 4.07. The lowest BCUT2D eigenvalue weighted by atomic mass is 10.2. The zero-order chi connectivity index (χ0) is 9.26. The van der Waals surface area contributed by atoms with Gasteiger partial charge in [-0.25, -0.2) is 0 Å². The molecule has 1 heterocycles. The highest BCUT2D eigenvalue weighted by molar-refractivity contribution is 6.67. The molecule has 0 saturated heterocycles. The third kappa shape index (κ3) is 1.51. The van der Waals surface area contributed by atoms with Crippen molar-refractivity contribution in [2.45, 2.75) is 0 Å². The lowest BCUT2D eigenvalue weighted by Gasteiger charge is -1.95. The normalized spacial score (nSPS) is 10.2. The molecule has 64 valence electrons. The van der Waals surface area contributed by atoms with Gasteiger partial charge in [-0.1, -0.05) is 18.2 Å². The van der Waals surface area contributed by atoms with E-state index in [1.807, 2.05) is 24.3 Å². The van der Waals surface area contributed by atoms with Crippen LogP contribution in [0.3, 0.4) is 0 Å². The molecule has 13 heavy (non-hydrogen) atoms. The molecular weight excluding hydrogens is 188 g/mol. The summed E-state index contributed by atoms with van der Waals surface area (Å²) in [4.78, 5) is 10.8. The molecule has 0 atom stereocenters. The lowest BCUT2D eigenvalue weighted by molar-refractivity contribution is 0.107. The van der Waals surface area contributed by atoms with E-state index < -0.39 is 5.24 Å². The molecule has 0 N–H and O–H groups in total. The molecule has 2 rings (SSSR count). The van der Waals surface area contributed by atoms with Crippen molar-refractivity contribution in [2.24, 2.45) is 0 Å². The van der Waals surface area contributed by atoms with Crippen LogP contribution in [0, 0.1) is 0 Å². The molecule has 0 bridgehead atoms. The first-order valence-electron chi connectivity index (χ1n) is 3.70. The summed E-state index contributed by atoms with van der Waals surface area (Å²) in [6.07, 6.45) is 0. The molecule has 2 aromatic rings. The van der Waals surface area contributed by atoms with Gasteiger partial charge in [0.2, 0.25) is 0 Å². The topological polar surface area (TPSA) is 42.9 Å². The van der Waals surface area contributed by atoms with Crippen LogP contribution in [0.25, 0.3) is 10.9 Å². The second-order valence-corrected chi connectivity index (χ2v) is 2.91. The van der Waals surface area contributed by atoms with Crippen LogP contribution in [0.4, 0.5) is 0 Å². The largest absolute Gasteiger partial charge is 0.274 e. The van der Waals surface area contributed by atoms with Crippen molar-refractivity contribution in [2.75, 3.05) is 0 Å². The average Bonchev–Trinajstić information content (AvgIpc) is 2.17. The molecule has 0 aliphatic heterocycles. The smallest absolute Gasteiger partial charge is 0.272 e. The second-order valence-electron chi connectivity index (χ2n) is 2.56. The van der Waals surface area contributed by atoms with Gasteiger partial charge in [0, 0.05) is 5.39 Å². The first kappa shape index (κ1) is 8.13. The molecule has 0 aliphatic rings. The van der Waals surface area contributed by atoms with Gasteiger partial charge in [0.25, 0.3) is 5.24 Å². The van der Waals surface area contributed by atoms with Crippen LogP contribution in [0.5, 0.6) is 0 Å². The Bertz CT molecular complexity index is 470. The monoisotopic (exact) mass is 192 g/mol. The third-order valence-corrected chi connectivity index (χ3v) is 1.89. The van der Waals surface area contributed by atoms with E-state index in [1.165, 1.54) is 0 Å². The number of rotatable bonds is 1. The summed E-state index contributed by atoms with van der Waals surface area (Å²) in [6.45, 7) is 0. The lowest BCUT2D eigenvalue weighted by Crippen LogP contribution is -1.96. The SMILES string of the molecule is O=C(Cl)c1cc2ccccc2nn1. The Morgan fingerprint density at radius 1 is 1.23 bits per heavy atom. The zero-order valence-corrected chi connectivity index (χ0v) is 7.32. The van der Waals surface area contributed by atoms with Crippen molar-refractivity contribution in [1.29, 1.82) is 0 Å². The van der Waals surface area contributed by atoms with Gasteiger partial charge in [-0.15, -0.1) is 10.2 Å². The van der Waals surface area contributed by atoms with Crippen molar-refractivity contribution in [3.05, 3.63) is 36.0 Å². The number of hydrogen-bond donors (Lipinski definition) is 0. The summed E-state index contributed by atoms with van der Waals surface area (Å²) >= 11 is 5.26. The Labute approximate surface area is 79.4 Å². The number of halogens is 1. The second kappa shape index (κ2) is 3.11. The van der Waals surface area contributed by atoms with Crippen LogP contribution in [0.2, 0.25) is 0 Å². The highest BCUT2D eigenvalue weighted by Gasteiger charge is 2.04. The molecular formula is C9H5ClN2O. The summed E-state index contributed by atoms with van der Waals surface area (Å²) in [5.41, 5.74) is 0.935. The van der Waals surface area contributed by atoms with Gasteiger partial charge in [-0.05, 0) is 23.7 Å². The molecule has 0 unspecified atom stereocenters. The molecule has 0 radical (unpaired) electrons. The minimum Gasteiger partial charge on any atom is -0.274 e. The fourth-order valence-electron chi connectivity index (χ4n) is 1.08. The number of hydrogen-bond acceptors (Lipinski definition) is 3. The number of carbonyl (C=O) groups is 1. The van der Waals surface area contributed by atoms with Gasteiger partial charge in [0.05, 0.1) is 5.52 Å². The summed E-state index contributed by atoms with van der Waals surface area (Å²) in [7, 11) is 0. The van der Waals surface area contributed by atoms with Crippen LogP contribution in [-0.2, 0) is 0 Å². The van der Waals surface area contributed by atoms with E-state index in [0.29, 0.717) is 0 Å². The maximum atomic E-state index is 10.8. The molecule has 0 saturated carbocycles. The quantitative estimate of drug-likeness (QED) is 0.650. The van der Waals surface area contributed by atoms with Crippen LogP contribution in [-0.4, -0.2) is 15.4 Å². The van der Waals surface area contributed by atoms with Gasteiger partial charge in [-0.2, -0.15) is 0 Å². The highest BCUT2D eigenvalue weighted by atomic mass is 35.5. The van der Waals surface area contributed by atoms with E-state index in [4.69, 9.17) is 11.6 Å². The van der Waals surface area contributed by atoms with E-state index in [2.05, 4.69) is 10.2 Å². The molecule has 0 fully saturated rings. The van der Waals surface area contributed by atoms with E-state index in [1.54, 1.807) is 6.07 Å². The van der Waals surface area contributed by atoms with Gasteiger partial charge >= 0.3 is 0 Å². The zero-order valence-electron chi connectivity index (χ0n) is 6.57. The molecule has 4 heteroatoms. The molecule has 1 aromatic heterocycles. The number of aromatic nitrogens is 2. The van der Waals surface area contributed by atoms with Crippen molar-refractivity contribution in [3.63, 3.8) is 0 Å². The Kier molecular flexibility index (Phi) is 1.94. The van der Waals surface area contributed by atoms with Crippen molar-refractivity contribution in [3.8, 4) is 0 Å². The van der Waals surface area contributed by atoms with E-state index in [9.17, 15) is 4.79 Å². The fraction of sp³-hybridized carbons (Fsp3) is 0. The van der Waals surface area contributed by atoms with Crippen molar-refractivity contribution in [1.82, 2.24) is 10.2 Å². The molecule has 3 nitrogen and oxygen atoms in total. The maximum absolute atomic E-state index is 10.8. The summed E-state index contributed by atoms with van der Waals surface area (Å²) in [6, 6.07) is 9.03. The van der Waals surface area contributed by atoms with Crippen molar-refractivity contribution < 1.29 is 4.79 Å². The van der Waals surface area contributed by atoms with Crippen molar-refractivity contribution >= 4 is 27.7 Å². The fourth-order valence-corrected chi connectivity index (χ4v) is 1.17. The average molecular weight is 193 g/mol. The van der Waals surface area contributed by atoms with Crippen LogP contribution >= 0.6 is 11.6 Å². The molecule has 1 aromatic carbocycles. The predicted molar refractivity (Wildman–Crippen MR) is 49.7 cm³/mol. The summed E-state index contributed by atoms with van der Waals surface area (Å²) in [5.74, 6) is 0. The molecule has 0 amide bonds. The standard InChI is InChI=1S/C9H5ClN2O/c10-9(13)8-5-6-3-1-2-4-7(6)11-12-8/h1-5H. The molecule has 0 spiro atoms. The Balaban J connectivity index is 2.69. The third-order valence-electron chi connectivity index (χ3n) is 1.70. The van der Waals surface area contributed by atoms with Crippen LogP contribution < -0.4 is 0 Å². The van der Waals surface area contributed by atoms with Crippen LogP contribution in [0.15, 0.2) is 30.3 Å². The predicted octanol–water partition coefficient (Wildman–Crippen LogP) is 2.01. The number of carbonyl (C=O) groups excluding carboxylic acids is 1. The number of benzene rings is 1. The Hall–Kier alpha value is -1.48. The minimum atomic E-state index is -0.585. The Morgan fingerprint density at radius 3 is 2.77 bits per heavy atom. The van der Waals surface area contributed by atoms with Crippen LogP contribution in [0.1, 0.15) is 10.5 Å². The minimum absolute atomic E-state index is 0.181. The van der Waals surface area contributed by atoms with Gasteiger partial charge < -0.3 is 0 Å². The first-order chi connectivity index (χ1) is 6.27. The Morgan fingerprint density at radius 2 is 2.00 bits per heavy atom. The summed E-state index contributed by atoms with van der Waals surface area (Å²) < 4.78 is 0.